The third-order valence-electron chi connectivity index (χ3n) is 1.78. The molecule has 0 amide bonds. The van der Waals surface area contributed by atoms with E-state index in [-0.39, 0.29) is 55.0 Å². The van der Waals surface area contributed by atoms with Crippen molar-refractivity contribution >= 4 is 0 Å². The maximum Gasteiger partial charge on any atom is 0.0594 e. The van der Waals surface area contributed by atoms with Gasteiger partial charge in [-0.05, 0) is 13.8 Å². The maximum absolute atomic E-state index is 5.21. The molecular formula is C13H35NOY. The Morgan fingerprint density at radius 3 is 1.50 bits per heavy atom. The van der Waals surface area contributed by atoms with Gasteiger partial charge in [0.15, 0.2) is 0 Å². The minimum absolute atomic E-state index is 0. The molecule has 0 aromatic rings. The Bertz CT molecular complexity index is 93.9. The van der Waals surface area contributed by atoms with Gasteiger partial charge in [0.2, 0.25) is 0 Å². The smallest absolute Gasteiger partial charge is 0.0594 e. The van der Waals surface area contributed by atoms with E-state index in [9.17, 15) is 0 Å². The Balaban J connectivity index is -0.0000000528. The van der Waals surface area contributed by atoms with Crippen LogP contribution in [0.25, 0.3) is 0 Å². The van der Waals surface area contributed by atoms with E-state index in [0.29, 0.717) is 6.04 Å². The first-order valence-corrected chi connectivity index (χ1v) is 5.04. The first kappa shape index (κ1) is 30.2. The van der Waals surface area contributed by atoms with Crippen molar-refractivity contribution in [2.24, 2.45) is 0 Å². The van der Waals surface area contributed by atoms with Crippen LogP contribution in [-0.4, -0.2) is 37.2 Å². The largest absolute Gasteiger partial charge is 0.379 e. The Kier molecular flexibility index (Phi) is 40.3. The van der Waals surface area contributed by atoms with E-state index in [0.717, 1.165) is 26.3 Å². The second-order valence-corrected chi connectivity index (χ2v) is 3.45. The average molecular weight is 310 g/mol. The van der Waals surface area contributed by atoms with Gasteiger partial charge in [0.1, 0.15) is 0 Å². The summed E-state index contributed by atoms with van der Waals surface area (Å²) in [5.41, 5.74) is 0. The van der Waals surface area contributed by atoms with Gasteiger partial charge in [-0.25, -0.2) is 0 Å². The second-order valence-electron chi connectivity index (χ2n) is 3.45. The van der Waals surface area contributed by atoms with Gasteiger partial charge >= 0.3 is 0 Å². The Labute approximate surface area is 130 Å². The van der Waals surface area contributed by atoms with Gasteiger partial charge in [0.05, 0.1) is 13.2 Å². The fraction of sp³-hybridized carbons (Fsp3) is 1.00. The van der Waals surface area contributed by atoms with Crippen molar-refractivity contribution in [2.75, 3.05) is 26.3 Å². The summed E-state index contributed by atoms with van der Waals surface area (Å²) in [4.78, 5) is 2.43. The molecule has 0 unspecified atom stereocenters. The molecule has 1 aliphatic rings. The molecule has 1 fully saturated rings. The summed E-state index contributed by atoms with van der Waals surface area (Å²) in [5.74, 6) is 0. The van der Waals surface area contributed by atoms with Crippen molar-refractivity contribution in [3.05, 3.63) is 0 Å². The summed E-state index contributed by atoms with van der Waals surface area (Å²) in [5, 5.41) is 0. The van der Waals surface area contributed by atoms with E-state index in [1.807, 2.05) is 0 Å². The second kappa shape index (κ2) is 21.3. The van der Waals surface area contributed by atoms with Gasteiger partial charge in [-0.15, -0.1) is 0 Å². The van der Waals surface area contributed by atoms with Crippen molar-refractivity contribution < 1.29 is 37.4 Å². The van der Waals surface area contributed by atoms with Crippen LogP contribution in [0.4, 0.5) is 0 Å². The number of morpholine rings is 1. The van der Waals surface area contributed by atoms with E-state index < -0.39 is 0 Å². The third-order valence-corrected chi connectivity index (χ3v) is 1.78. The number of ether oxygens (including phenoxy) is 1. The van der Waals surface area contributed by atoms with Gasteiger partial charge in [0, 0.05) is 51.8 Å². The molecule has 0 bridgehead atoms. The topological polar surface area (TPSA) is 12.5 Å². The molecule has 0 aromatic carbocycles. The summed E-state index contributed by atoms with van der Waals surface area (Å²) in [6.07, 6.45) is 1.25. The molecule has 1 saturated heterocycles. The summed E-state index contributed by atoms with van der Waals surface area (Å²) in [7, 11) is 0. The third kappa shape index (κ3) is 17.4. The van der Waals surface area contributed by atoms with Crippen LogP contribution in [0.5, 0.6) is 0 Å². The van der Waals surface area contributed by atoms with Gasteiger partial charge in [-0.2, -0.15) is 0 Å². The normalized spacial score (nSPS) is 14.1. The molecule has 2 nitrogen and oxygen atoms in total. The monoisotopic (exact) mass is 310 g/mol. The van der Waals surface area contributed by atoms with Crippen molar-refractivity contribution in [1.82, 2.24) is 4.90 Å². The van der Waals surface area contributed by atoms with Crippen molar-refractivity contribution in [3.63, 3.8) is 0 Å². The number of nitrogens with zero attached hydrogens (tertiary/aromatic N) is 1. The maximum atomic E-state index is 5.21. The van der Waals surface area contributed by atoms with E-state index in [4.69, 9.17) is 4.74 Å². The minimum atomic E-state index is 0. The molecular weight excluding hydrogens is 275 g/mol. The van der Waals surface area contributed by atoms with Crippen LogP contribution >= 0.6 is 0 Å². The molecule has 0 saturated carbocycles. The van der Waals surface area contributed by atoms with E-state index in [2.05, 4.69) is 32.6 Å². The van der Waals surface area contributed by atoms with Crippen LogP contribution in [0.3, 0.4) is 0 Å². The molecule has 1 heterocycles. The standard InChI is InChI=1S/C7H15NO.C3H8.3CH4.Y/c1-7(2)8-3-5-9-6-4-8;1-3-2;;;;/h7H,3-6H2,1-2H3;3H2,1-2H3;3*1H4;. The summed E-state index contributed by atoms with van der Waals surface area (Å²) in [6.45, 7) is 12.8. The fourth-order valence-electron chi connectivity index (χ4n) is 1.09. The molecule has 0 spiro atoms. The molecule has 16 heavy (non-hydrogen) atoms. The zero-order valence-electron chi connectivity index (χ0n) is 9.55. The van der Waals surface area contributed by atoms with Gasteiger partial charge in [-0.1, -0.05) is 42.5 Å². The predicted octanol–water partition coefficient (Wildman–Crippen LogP) is 4.05. The van der Waals surface area contributed by atoms with Gasteiger partial charge in [0.25, 0.3) is 0 Å². The van der Waals surface area contributed by atoms with Crippen molar-refractivity contribution in [3.8, 4) is 0 Å². The van der Waals surface area contributed by atoms with Crippen LogP contribution in [0.2, 0.25) is 0 Å². The molecule has 0 atom stereocenters. The summed E-state index contributed by atoms with van der Waals surface area (Å²) < 4.78 is 5.21. The van der Waals surface area contributed by atoms with Crippen molar-refractivity contribution in [1.29, 1.82) is 0 Å². The van der Waals surface area contributed by atoms with Gasteiger partial charge in [-0.3, -0.25) is 4.90 Å². The number of hydrogen-bond acceptors (Lipinski definition) is 2. The Morgan fingerprint density at radius 1 is 1.00 bits per heavy atom. The van der Waals surface area contributed by atoms with E-state index in [1.165, 1.54) is 6.42 Å². The SMILES string of the molecule is C.C.C.CC(C)N1CCOCC1.CCC.[Y]. The zero-order chi connectivity index (χ0) is 9.40. The van der Waals surface area contributed by atoms with Gasteiger partial charge < -0.3 is 4.74 Å². The first-order chi connectivity index (χ1) is 5.72. The molecule has 0 aliphatic carbocycles. The van der Waals surface area contributed by atoms with Crippen LogP contribution in [0, 0.1) is 0 Å². The minimum Gasteiger partial charge on any atom is -0.379 e. The predicted molar refractivity (Wildman–Crippen MR) is 73.7 cm³/mol. The quantitative estimate of drug-likeness (QED) is 0.724. The van der Waals surface area contributed by atoms with Crippen LogP contribution < -0.4 is 0 Å². The number of hydrogen-bond donors (Lipinski definition) is 0. The fourth-order valence-corrected chi connectivity index (χ4v) is 1.09. The van der Waals surface area contributed by atoms with Crippen molar-refractivity contribution in [2.45, 2.75) is 62.4 Å². The molecule has 1 rings (SSSR count). The summed E-state index contributed by atoms with van der Waals surface area (Å²) >= 11 is 0. The molecule has 1 radical (unpaired) electrons. The zero-order valence-corrected chi connectivity index (χ0v) is 12.4. The molecule has 0 N–H and O–H groups in total. The molecule has 1 aliphatic heterocycles. The molecule has 3 heteroatoms. The average Bonchev–Trinajstić information content (AvgIpc) is 2.07. The molecule has 0 aromatic heterocycles. The van der Waals surface area contributed by atoms with E-state index in [1.54, 1.807) is 0 Å². The first-order valence-electron chi connectivity index (χ1n) is 5.04. The van der Waals surface area contributed by atoms with Crippen LogP contribution in [0.15, 0.2) is 0 Å². The number of rotatable bonds is 1. The Morgan fingerprint density at radius 2 is 1.31 bits per heavy atom. The Hall–Kier alpha value is 1.02. The summed E-state index contributed by atoms with van der Waals surface area (Å²) in [6, 6.07) is 0.689. The van der Waals surface area contributed by atoms with E-state index >= 15 is 0 Å². The van der Waals surface area contributed by atoms with Crippen LogP contribution in [-0.2, 0) is 37.4 Å². The van der Waals surface area contributed by atoms with Crippen LogP contribution in [0.1, 0.15) is 56.4 Å². The molecule has 101 valence electrons.